The van der Waals surface area contributed by atoms with Crippen molar-refractivity contribution in [3.63, 3.8) is 0 Å². The second-order valence-electron chi connectivity index (χ2n) is 5.30. The van der Waals surface area contributed by atoms with Gasteiger partial charge in [0.1, 0.15) is 6.04 Å². The van der Waals surface area contributed by atoms with Crippen molar-refractivity contribution in [3.8, 4) is 6.07 Å². The Morgan fingerprint density at radius 2 is 1.92 bits per heavy atom. The van der Waals surface area contributed by atoms with Crippen LogP contribution < -0.4 is 5.32 Å². The number of nitro benzene ring substituents is 1. The maximum atomic E-state index is 13.4. The van der Waals surface area contributed by atoms with Gasteiger partial charge in [-0.2, -0.15) is 9.65 Å². The quantitative estimate of drug-likeness (QED) is 0.600. The molecule has 0 saturated heterocycles. The van der Waals surface area contributed by atoms with Gasteiger partial charge in [-0.05, 0) is 35.9 Å². The Balaban J connectivity index is 2.17. The Labute approximate surface area is 146 Å². The molecule has 0 unspecified atom stereocenters. The van der Waals surface area contributed by atoms with Crippen LogP contribution in [0, 0.1) is 27.3 Å². The number of nitrogens with one attached hydrogen (secondary N) is 1. The van der Waals surface area contributed by atoms with Gasteiger partial charge < -0.3 is 10.4 Å². The Morgan fingerprint density at radius 1 is 1.27 bits per heavy atom. The fraction of sp³-hybridized carbons (Fsp3) is 0.118. The number of halogens is 1. The predicted molar refractivity (Wildman–Crippen MR) is 86.8 cm³/mol. The minimum atomic E-state index is -1.37. The van der Waals surface area contributed by atoms with Gasteiger partial charge in [-0.25, -0.2) is 4.79 Å². The van der Waals surface area contributed by atoms with E-state index in [-0.39, 0.29) is 17.5 Å². The molecule has 1 atom stereocenters. The van der Waals surface area contributed by atoms with Crippen molar-refractivity contribution in [1.29, 1.82) is 5.26 Å². The van der Waals surface area contributed by atoms with Crippen LogP contribution in [0.25, 0.3) is 0 Å². The first-order valence-electron chi connectivity index (χ1n) is 7.28. The summed E-state index contributed by atoms with van der Waals surface area (Å²) in [5.74, 6) is -3.07. The van der Waals surface area contributed by atoms with E-state index in [1.54, 1.807) is 0 Å². The molecular weight excluding hydrogens is 345 g/mol. The number of carbonyl (C=O) groups excluding carboxylic acids is 1. The van der Waals surface area contributed by atoms with Crippen LogP contribution in [0.2, 0.25) is 0 Å². The molecule has 26 heavy (non-hydrogen) atoms. The van der Waals surface area contributed by atoms with Crippen molar-refractivity contribution in [2.75, 3.05) is 0 Å². The summed E-state index contributed by atoms with van der Waals surface area (Å²) in [5, 5.41) is 31.1. The lowest BCUT2D eigenvalue weighted by Gasteiger charge is -2.15. The summed E-state index contributed by atoms with van der Waals surface area (Å²) in [5.41, 5.74) is -0.0917. The van der Waals surface area contributed by atoms with Gasteiger partial charge in [0.2, 0.25) is 5.82 Å². The third kappa shape index (κ3) is 4.39. The van der Waals surface area contributed by atoms with E-state index in [0.717, 1.165) is 12.1 Å². The molecule has 0 fully saturated rings. The molecule has 0 radical (unpaired) electrons. The van der Waals surface area contributed by atoms with Crippen LogP contribution >= 0.6 is 0 Å². The summed E-state index contributed by atoms with van der Waals surface area (Å²) in [6, 6.07) is 9.10. The second kappa shape index (κ2) is 7.85. The minimum absolute atomic E-state index is 0.153. The number of nitrogens with zero attached hydrogens (tertiary/aromatic N) is 2. The van der Waals surface area contributed by atoms with E-state index in [1.807, 2.05) is 6.07 Å². The molecule has 2 aromatic rings. The van der Waals surface area contributed by atoms with E-state index in [4.69, 9.17) is 5.26 Å². The average Bonchev–Trinajstić information content (AvgIpc) is 2.62. The molecule has 0 aliphatic carbocycles. The van der Waals surface area contributed by atoms with Crippen molar-refractivity contribution in [2.24, 2.45) is 0 Å². The first-order valence-corrected chi connectivity index (χ1v) is 7.28. The van der Waals surface area contributed by atoms with Gasteiger partial charge in [0, 0.05) is 18.1 Å². The molecule has 0 aromatic heterocycles. The van der Waals surface area contributed by atoms with E-state index in [2.05, 4.69) is 5.32 Å². The lowest BCUT2D eigenvalue weighted by molar-refractivity contribution is -0.387. The third-order valence-corrected chi connectivity index (χ3v) is 3.53. The van der Waals surface area contributed by atoms with Gasteiger partial charge in [0.25, 0.3) is 5.91 Å². The summed E-state index contributed by atoms with van der Waals surface area (Å²) in [4.78, 5) is 33.4. The smallest absolute Gasteiger partial charge is 0.326 e. The first kappa shape index (κ1) is 18.5. The Bertz CT molecular complexity index is 906. The van der Waals surface area contributed by atoms with E-state index in [1.165, 1.54) is 30.3 Å². The van der Waals surface area contributed by atoms with E-state index in [9.17, 15) is 29.2 Å². The molecule has 2 rings (SSSR count). The zero-order valence-corrected chi connectivity index (χ0v) is 13.2. The van der Waals surface area contributed by atoms with Gasteiger partial charge in [-0.1, -0.05) is 6.07 Å². The number of hydrogen-bond donors (Lipinski definition) is 2. The van der Waals surface area contributed by atoms with Gasteiger partial charge in [0.15, 0.2) is 0 Å². The number of hydrogen-bond acceptors (Lipinski definition) is 5. The van der Waals surface area contributed by atoms with Crippen molar-refractivity contribution >= 4 is 17.6 Å². The number of carboxylic acids is 1. The summed E-state index contributed by atoms with van der Waals surface area (Å²) in [7, 11) is 0. The monoisotopic (exact) mass is 357 g/mol. The Kier molecular flexibility index (Phi) is 5.60. The van der Waals surface area contributed by atoms with Crippen LogP contribution in [0.4, 0.5) is 10.1 Å². The van der Waals surface area contributed by atoms with E-state index in [0.29, 0.717) is 5.56 Å². The van der Waals surface area contributed by atoms with Crippen LogP contribution in [0.5, 0.6) is 0 Å². The molecule has 0 aliphatic heterocycles. The first-order chi connectivity index (χ1) is 12.3. The SMILES string of the molecule is N#Cc1ccc(C(=O)N[C@H](Cc2ccc(F)c([N+](=O)[O-])c2)C(=O)O)cc1. The molecule has 2 N–H and O–H groups in total. The third-order valence-electron chi connectivity index (χ3n) is 3.53. The molecule has 0 bridgehead atoms. The zero-order valence-electron chi connectivity index (χ0n) is 13.2. The molecule has 0 heterocycles. The Morgan fingerprint density at radius 3 is 2.46 bits per heavy atom. The highest BCUT2D eigenvalue weighted by Gasteiger charge is 2.23. The molecule has 0 saturated carbocycles. The molecule has 0 spiro atoms. The largest absolute Gasteiger partial charge is 0.480 e. The zero-order chi connectivity index (χ0) is 19.3. The normalized spacial score (nSPS) is 11.2. The number of nitriles is 1. The lowest BCUT2D eigenvalue weighted by atomic mass is 10.0. The van der Waals surface area contributed by atoms with Crippen LogP contribution in [-0.4, -0.2) is 27.9 Å². The number of benzene rings is 2. The van der Waals surface area contributed by atoms with E-state index >= 15 is 0 Å². The maximum Gasteiger partial charge on any atom is 0.326 e. The summed E-state index contributed by atoms with van der Waals surface area (Å²) >= 11 is 0. The summed E-state index contributed by atoms with van der Waals surface area (Å²) in [6.45, 7) is 0. The van der Waals surface area contributed by atoms with Crippen molar-refractivity contribution in [3.05, 3.63) is 75.1 Å². The van der Waals surface area contributed by atoms with Crippen LogP contribution in [0.1, 0.15) is 21.5 Å². The van der Waals surface area contributed by atoms with Crippen LogP contribution in [0.3, 0.4) is 0 Å². The summed E-state index contributed by atoms with van der Waals surface area (Å²) < 4.78 is 13.4. The fourth-order valence-electron chi connectivity index (χ4n) is 2.20. The van der Waals surface area contributed by atoms with Gasteiger partial charge in [0.05, 0.1) is 16.6 Å². The van der Waals surface area contributed by atoms with Crippen molar-refractivity contribution < 1.29 is 24.0 Å². The molecule has 8 nitrogen and oxygen atoms in total. The standard InChI is InChI=1S/C17H12FN3O5/c18-13-6-3-11(8-15(13)21(25)26)7-14(17(23)24)20-16(22)12-4-1-10(9-19)2-5-12/h1-6,8,14H,7H2,(H,20,22)(H,23,24)/t14-/m1/s1. The number of nitro groups is 1. The van der Waals surface area contributed by atoms with Crippen molar-refractivity contribution in [2.45, 2.75) is 12.5 Å². The van der Waals surface area contributed by atoms with Crippen molar-refractivity contribution in [1.82, 2.24) is 5.32 Å². The number of carboxylic acid groups (broad SMARTS) is 1. The lowest BCUT2D eigenvalue weighted by Crippen LogP contribution is -2.42. The number of rotatable bonds is 6. The fourth-order valence-corrected chi connectivity index (χ4v) is 2.20. The topological polar surface area (TPSA) is 133 Å². The predicted octanol–water partition coefficient (Wildman–Crippen LogP) is 2.03. The highest BCUT2D eigenvalue weighted by molar-refractivity contribution is 5.96. The molecule has 132 valence electrons. The van der Waals surface area contributed by atoms with Gasteiger partial charge in [-0.3, -0.25) is 14.9 Å². The highest BCUT2D eigenvalue weighted by atomic mass is 19.1. The van der Waals surface area contributed by atoms with Gasteiger partial charge >= 0.3 is 11.7 Å². The maximum absolute atomic E-state index is 13.4. The number of aliphatic carboxylic acids is 1. The average molecular weight is 357 g/mol. The summed E-state index contributed by atoms with van der Waals surface area (Å²) in [6.07, 6.45) is -0.265. The van der Waals surface area contributed by atoms with Crippen LogP contribution in [-0.2, 0) is 11.2 Å². The number of amides is 1. The number of carbonyl (C=O) groups is 2. The van der Waals surface area contributed by atoms with Gasteiger partial charge in [-0.15, -0.1) is 0 Å². The molecule has 0 aliphatic rings. The highest BCUT2D eigenvalue weighted by Crippen LogP contribution is 2.19. The second-order valence-corrected chi connectivity index (χ2v) is 5.30. The molecule has 2 aromatic carbocycles. The molecule has 1 amide bonds. The molecule has 9 heteroatoms. The van der Waals surface area contributed by atoms with Crippen LogP contribution in [0.15, 0.2) is 42.5 Å². The molecular formula is C17H12FN3O5. The Hall–Kier alpha value is -3.80. The minimum Gasteiger partial charge on any atom is -0.480 e. The van der Waals surface area contributed by atoms with E-state index < -0.39 is 34.3 Å².